The topological polar surface area (TPSA) is 98.2 Å². The fourth-order valence-corrected chi connectivity index (χ4v) is 5.12. The Bertz CT molecular complexity index is 1590. The van der Waals surface area contributed by atoms with E-state index in [4.69, 9.17) is 19.2 Å². The summed E-state index contributed by atoms with van der Waals surface area (Å²) in [5.41, 5.74) is 5.26. The first-order valence-corrected chi connectivity index (χ1v) is 14.5. The van der Waals surface area contributed by atoms with E-state index >= 15 is 0 Å². The molecule has 0 atom stereocenters. The molecule has 10 heteroatoms. The Labute approximate surface area is 250 Å². The van der Waals surface area contributed by atoms with Gasteiger partial charge in [-0.1, -0.05) is 47.5 Å². The third-order valence-corrected chi connectivity index (χ3v) is 7.65. The average molecular weight is 582 g/mol. The maximum absolute atomic E-state index is 13.7. The lowest BCUT2D eigenvalue weighted by Gasteiger charge is -2.30. The quantitative estimate of drug-likeness (QED) is 0.315. The van der Waals surface area contributed by atoms with E-state index in [1.807, 2.05) is 73.1 Å². The first-order valence-electron chi connectivity index (χ1n) is 14.5. The number of morpholine rings is 1. The van der Waals surface area contributed by atoms with Crippen LogP contribution in [0.2, 0.25) is 0 Å². The number of carbonyl (C=O) groups excluding carboxylic acids is 2. The SMILES string of the molecule is Cc1ccc(-c2cn(-c3ccc(C)cc3)c(NC(=O)CN(CCN3CCOCC3)C(=O)c3ccc4c(c3)OCO4)n2)cc1. The predicted molar refractivity (Wildman–Crippen MR) is 163 cm³/mol. The molecule has 1 fully saturated rings. The van der Waals surface area contributed by atoms with Crippen LogP contribution in [-0.2, 0) is 9.53 Å². The second-order valence-corrected chi connectivity index (χ2v) is 10.8. The standard InChI is InChI=1S/C33H35N5O5/c1-23-3-7-25(8-4-23)28-20-38(27-10-5-24(2)6-11-27)33(34-28)35-31(39)21-37(14-13-36-15-17-41-18-16-36)32(40)26-9-12-29-30(19-26)43-22-42-29/h3-12,19-20H,13-18,21-22H2,1-2H3,(H,34,35,39). The predicted octanol–water partition coefficient (Wildman–Crippen LogP) is 4.30. The number of hydrogen-bond donors (Lipinski definition) is 1. The van der Waals surface area contributed by atoms with Gasteiger partial charge in [-0.3, -0.25) is 24.4 Å². The van der Waals surface area contributed by atoms with Gasteiger partial charge in [0.25, 0.3) is 5.91 Å². The van der Waals surface area contributed by atoms with Gasteiger partial charge in [0.1, 0.15) is 6.54 Å². The molecule has 1 N–H and O–H groups in total. The first kappa shape index (κ1) is 28.4. The molecule has 1 aromatic heterocycles. The highest BCUT2D eigenvalue weighted by Gasteiger charge is 2.24. The van der Waals surface area contributed by atoms with Gasteiger partial charge in [-0.15, -0.1) is 0 Å². The lowest BCUT2D eigenvalue weighted by atomic mass is 10.1. The smallest absolute Gasteiger partial charge is 0.254 e. The number of benzene rings is 3. The number of aromatic nitrogens is 2. The van der Waals surface area contributed by atoms with E-state index in [-0.39, 0.29) is 25.2 Å². The molecular formula is C33H35N5O5. The van der Waals surface area contributed by atoms with E-state index < -0.39 is 0 Å². The van der Waals surface area contributed by atoms with Gasteiger partial charge in [0.05, 0.1) is 18.9 Å². The highest BCUT2D eigenvalue weighted by molar-refractivity contribution is 5.99. The van der Waals surface area contributed by atoms with Crippen LogP contribution in [0.5, 0.6) is 11.5 Å². The van der Waals surface area contributed by atoms with E-state index in [0.717, 1.165) is 41.2 Å². The minimum Gasteiger partial charge on any atom is -0.454 e. The van der Waals surface area contributed by atoms with Gasteiger partial charge in [-0.05, 0) is 44.2 Å². The summed E-state index contributed by atoms with van der Waals surface area (Å²) in [6, 6.07) is 21.2. The monoisotopic (exact) mass is 581 g/mol. The summed E-state index contributed by atoms with van der Waals surface area (Å²) < 4.78 is 18.2. The zero-order valence-corrected chi connectivity index (χ0v) is 24.4. The Balaban J connectivity index is 1.25. The van der Waals surface area contributed by atoms with Gasteiger partial charge in [0, 0.05) is 49.2 Å². The van der Waals surface area contributed by atoms with Crippen molar-refractivity contribution < 1.29 is 23.8 Å². The van der Waals surface area contributed by atoms with Gasteiger partial charge in [0.2, 0.25) is 18.6 Å². The van der Waals surface area contributed by atoms with Crippen LogP contribution in [0.25, 0.3) is 16.9 Å². The summed E-state index contributed by atoms with van der Waals surface area (Å²) in [5.74, 6) is 0.899. The van der Waals surface area contributed by atoms with E-state index in [0.29, 0.717) is 49.3 Å². The minimum absolute atomic E-state index is 0.119. The lowest BCUT2D eigenvalue weighted by Crippen LogP contribution is -2.45. The van der Waals surface area contributed by atoms with Crippen LogP contribution >= 0.6 is 0 Å². The fourth-order valence-electron chi connectivity index (χ4n) is 5.12. The van der Waals surface area contributed by atoms with Crippen molar-refractivity contribution in [1.82, 2.24) is 19.4 Å². The molecule has 0 saturated carbocycles. The second-order valence-electron chi connectivity index (χ2n) is 10.8. The van der Waals surface area contributed by atoms with Gasteiger partial charge in [-0.25, -0.2) is 4.98 Å². The number of aryl methyl sites for hydroxylation is 2. The van der Waals surface area contributed by atoms with Crippen LogP contribution in [0.4, 0.5) is 5.95 Å². The van der Waals surface area contributed by atoms with Crippen LogP contribution in [0.3, 0.4) is 0 Å². The molecule has 43 heavy (non-hydrogen) atoms. The third-order valence-electron chi connectivity index (χ3n) is 7.65. The summed E-state index contributed by atoms with van der Waals surface area (Å²) in [7, 11) is 0. The molecular weight excluding hydrogens is 546 g/mol. The molecule has 10 nitrogen and oxygen atoms in total. The zero-order valence-electron chi connectivity index (χ0n) is 24.4. The molecule has 2 amide bonds. The summed E-state index contributed by atoms with van der Waals surface area (Å²) >= 11 is 0. The molecule has 0 radical (unpaired) electrons. The van der Waals surface area contributed by atoms with Gasteiger partial charge in [0.15, 0.2) is 11.5 Å². The van der Waals surface area contributed by atoms with Crippen LogP contribution in [0.15, 0.2) is 72.9 Å². The van der Waals surface area contributed by atoms with Gasteiger partial charge >= 0.3 is 0 Å². The molecule has 2 aliphatic rings. The van der Waals surface area contributed by atoms with Crippen LogP contribution in [0, 0.1) is 13.8 Å². The van der Waals surface area contributed by atoms with Crippen molar-refractivity contribution in [1.29, 1.82) is 0 Å². The van der Waals surface area contributed by atoms with Gasteiger partial charge < -0.3 is 19.1 Å². The molecule has 0 aliphatic carbocycles. The second kappa shape index (κ2) is 12.7. The largest absolute Gasteiger partial charge is 0.454 e. The number of amides is 2. The van der Waals surface area contributed by atoms with Crippen molar-refractivity contribution in [2.24, 2.45) is 0 Å². The maximum atomic E-state index is 13.7. The summed E-state index contributed by atoms with van der Waals surface area (Å²) in [6.45, 7) is 7.93. The van der Waals surface area contributed by atoms with Gasteiger partial charge in [-0.2, -0.15) is 0 Å². The zero-order chi connectivity index (χ0) is 29.8. The molecule has 3 aromatic carbocycles. The average Bonchev–Trinajstić information content (AvgIpc) is 3.67. The number of hydrogen-bond acceptors (Lipinski definition) is 7. The summed E-state index contributed by atoms with van der Waals surface area (Å²) in [4.78, 5) is 35.9. The Morgan fingerprint density at radius 2 is 1.60 bits per heavy atom. The van der Waals surface area contributed by atoms with Crippen molar-refractivity contribution in [2.75, 3.05) is 58.0 Å². The molecule has 222 valence electrons. The van der Waals surface area contributed by atoms with Crippen molar-refractivity contribution in [2.45, 2.75) is 13.8 Å². The van der Waals surface area contributed by atoms with E-state index in [9.17, 15) is 9.59 Å². The minimum atomic E-state index is -0.342. The summed E-state index contributed by atoms with van der Waals surface area (Å²) in [5, 5.41) is 2.98. The van der Waals surface area contributed by atoms with E-state index in [1.54, 1.807) is 23.1 Å². The van der Waals surface area contributed by atoms with Crippen molar-refractivity contribution in [3.8, 4) is 28.4 Å². The summed E-state index contributed by atoms with van der Waals surface area (Å²) in [6.07, 6.45) is 1.92. The maximum Gasteiger partial charge on any atom is 0.254 e. The molecule has 2 aliphatic heterocycles. The van der Waals surface area contributed by atoms with Crippen molar-refractivity contribution >= 4 is 17.8 Å². The van der Waals surface area contributed by atoms with Crippen molar-refractivity contribution in [3.05, 3.63) is 89.6 Å². The Morgan fingerprint density at radius 1 is 0.907 bits per heavy atom. The molecule has 3 heterocycles. The van der Waals surface area contributed by atoms with E-state index in [1.165, 1.54) is 0 Å². The normalized spacial score (nSPS) is 14.5. The number of ether oxygens (including phenoxy) is 3. The molecule has 1 saturated heterocycles. The highest BCUT2D eigenvalue weighted by Crippen LogP contribution is 2.33. The Hall–Kier alpha value is -4.67. The number of rotatable bonds is 9. The van der Waals surface area contributed by atoms with Crippen LogP contribution in [0.1, 0.15) is 21.5 Å². The van der Waals surface area contributed by atoms with Crippen LogP contribution in [-0.4, -0.2) is 83.9 Å². The number of imidazole rings is 1. The molecule has 4 aromatic rings. The third kappa shape index (κ3) is 6.71. The first-order chi connectivity index (χ1) is 20.9. The van der Waals surface area contributed by atoms with Crippen molar-refractivity contribution in [3.63, 3.8) is 0 Å². The van der Waals surface area contributed by atoms with Crippen LogP contribution < -0.4 is 14.8 Å². The molecule has 0 spiro atoms. The lowest BCUT2D eigenvalue weighted by molar-refractivity contribution is -0.117. The Morgan fingerprint density at radius 3 is 2.35 bits per heavy atom. The van der Waals surface area contributed by atoms with E-state index in [2.05, 4.69) is 10.2 Å². The highest BCUT2D eigenvalue weighted by atomic mass is 16.7. The number of anilines is 1. The number of fused-ring (bicyclic) bond motifs is 1. The number of carbonyl (C=O) groups is 2. The molecule has 6 rings (SSSR count). The molecule has 0 bridgehead atoms. The fraction of sp³-hybridized carbons (Fsp3) is 0.303. The number of nitrogens with zero attached hydrogens (tertiary/aromatic N) is 4. The Kier molecular flexibility index (Phi) is 8.39. The number of nitrogens with one attached hydrogen (secondary N) is 1. The molecule has 0 unspecified atom stereocenters.